The van der Waals surface area contributed by atoms with Crippen LogP contribution in [0.25, 0.3) is 0 Å². The first-order valence-corrected chi connectivity index (χ1v) is 6.57. The Kier molecular flexibility index (Phi) is 4.27. The van der Waals surface area contributed by atoms with Gasteiger partial charge in [0, 0.05) is 5.56 Å². The first-order valence-electron chi connectivity index (χ1n) is 5.69. The van der Waals surface area contributed by atoms with Crippen LogP contribution in [0.4, 0.5) is 13.2 Å². The van der Waals surface area contributed by atoms with Crippen LogP contribution in [0.2, 0.25) is 0 Å². The highest BCUT2D eigenvalue weighted by atomic mass is 32.1. The maximum Gasteiger partial charge on any atom is 0.416 e. The molecule has 0 aliphatic carbocycles. The van der Waals surface area contributed by atoms with Crippen molar-refractivity contribution < 1.29 is 22.8 Å². The van der Waals surface area contributed by atoms with E-state index in [1.807, 2.05) is 0 Å². The van der Waals surface area contributed by atoms with Crippen molar-refractivity contribution in [3.8, 4) is 0 Å². The number of halogens is 3. The Morgan fingerprint density at radius 3 is 2.33 bits per heavy atom. The maximum absolute atomic E-state index is 12.5. The van der Waals surface area contributed by atoms with Gasteiger partial charge in [0.2, 0.25) is 0 Å². The molecule has 0 radical (unpaired) electrons. The van der Waals surface area contributed by atoms with Gasteiger partial charge in [-0.05, 0) is 29.6 Å². The minimum atomic E-state index is -4.53. The van der Waals surface area contributed by atoms with Crippen molar-refractivity contribution in [2.75, 3.05) is 0 Å². The molecule has 2 rings (SSSR count). The second-order valence-electron chi connectivity index (χ2n) is 3.96. The molecular weight excluding hydrogens is 305 g/mol. The van der Waals surface area contributed by atoms with Gasteiger partial charge in [-0.1, -0.05) is 12.1 Å². The summed E-state index contributed by atoms with van der Waals surface area (Å²) >= 11 is 1.17. The van der Waals surface area contributed by atoms with E-state index >= 15 is 0 Å². The molecule has 0 aliphatic heterocycles. The third-order valence-electron chi connectivity index (χ3n) is 2.49. The van der Waals surface area contributed by atoms with Gasteiger partial charge in [-0.15, -0.1) is 11.3 Å². The number of hydrazine groups is 1. The Bertz CT molecular complexity index is 654. The highest BCUT2D eigenvalue weighted by Gasteiger charge is 2.30. The molecule has 2 aromatic rings. The van der Waals surface area contributed by atoms with E-state index in [0.29, 0.717) is 10.9 Å². The summed E-state index contributed by atoms with van der Waals surface area (Å²) in [6.07, 6.45) is -4.53. The van der Waals surface area contributed by atoms with Crippen molar-refractivity contribution >= 4 is 23.2 Å². The van der Waals surface area contributed by atoms with Crippen LogP contribution < -0.4 is 10.9 Å². The number of benzene rings is 1. The van der Waals surface area contributed by atoms with Crippen LogP contribution in [0, 0.1) is 0 Å². The van der Waals surface area contributed by atoms with Crippen LogP contribution in [-0.2, 0) is 6.18 Å². The van der Waals surface area contributed by atoms with Gasteiger partial charge in [0.05, 0.1) is 10.4 Å². The van der Waals surface area contributed by atoms with E-state index in [9.17, 15) is 22.8 Å². The van der Waals surface area contributed by atoms with E-state index < -0.39 is 23.6 Å². The zero-order chi connectivity index (χ0) is 15.5. The Hall–Kier alpha value is -2.35. The van der Waals surface area contributed by atoms with E-state index in [2.05, 4.69) is 10.9 Å². The summed E-state index contributed by atoms with van der Waals surface area (Å²) in [5.41, 5.74) is 3.07. The number of rotatable bonds is 2. The average molecular weight is 314 g/mol. The van der Waals surface area contributed by atoms with Crippen molar-refractivity contribution in [3.63, 3.8) is 0 Å². The van der Waals surface area contributed by atoms with Crippen molar-refractivity contribution in [2.24, 2.45) is 0 Å². The van der Waals surface area contributed by atoms with Crippen LogP contribution in [0.15, 0.2) is 41.8 Å². The lowest BCUT2D eigenvalue weighted by Crippen LogP contribution is -2.41. The Morgan fingerprint density at radius 2 is 1.71 bits per heavy atom. The van der Waals surface area contributed by atoms with Gasteiger partial charge in [-0.3, -0.25) is 20.4 Å². The maximum atomic E-state index is 12.5. The lowest BCUT2D eigenvalue weighted by Gasteiger charge is -2.09. The zero-order valence-corrected chi connectivity index (χ0v) is 11.2. The summed E-state index contributed by atoms with van der Waals surface area (Å²) in [7, 11) is 0. The molecule has 4 nitrogen and oxygen atoms in total. The molecule has 0 unspecified atom stereocenters. The average Bonchev–Trinajstić information content (AvgIpc) is 2.98. The first-order chi connectivity index (χ1) is 9.88. The molecule has 2 N–H and O–H groups in total. The highest BCUT2D eigenvalue weighted by Crippen LogP contribution is 2.29. The molecule has 1 heterocycles. The smallest absolute Gasteiger partial charge is 0.267 e. The number of carbonyl (C=O) groups is 2. The quantitative estimate of drug-likeness (QED) is 0.838. The molecule has 0 bridgehead atoms. The molecule has 0 saturated carbocycles. The molecule has 1 aromatic heterocycles. The number of amides is 2. The van der Waals surface area contributed by atoms with Crippen molar-refractivity contribution in [3.05, 3.63) is 57.8 Å². The van der Waals surface area contributed by atoms with E-state index in [0.717, 1.165) is 12.1 Å². The number of alkyl halides is 3. The monoisotopic (exact) mass is 314 g/mol. The van der Waals surface area contributed by atoms with Crippen LogP contribution in [0.3, 0.4) is 0 Å². The van der Waals surface area contributed by atoms with Crippen LogP contribution >= 0.6 is 11.3 Å². The summed E-state index contributed by atoms with van der Waals surface area (Å²) in [6.45, 7) is 0. The predicted octanol–water partition coefficient (Wildman–Crippen LogP) is 2.84. The summed E-state index contributed by atoms with van der Waals surface area (Å²) in [5, 5.41) is 1.68. The Balaban J connectivity index is 2.02. The summed E-state index contributed by atoms with van der Waals surface area (Å²) in [6, 6.07) is 7.14. The van der Waals surface area contributed by atoms with E-state index in [1.54, 1.807) is 17.5 Å². The molecule has 0 spiro atoms. The fraction of sp³-hybridized carbons (Fsp3) is 0.0769. The van der Waals surface area contributed by atoms with Gasteiger partial charge < -0.3 is 0 Å². The second-order valence-corrected chi connectivity index (χ2v) is 4.91. The molecule has 0 fully saturated rings. The minimum Gasteiger partial charge on any atom is -0.267 e. The largest absolute Gasteiger partial charge is 0.416 e. The van der Waals surface area contributed by atoms with Crippen LogP contribution in [0.1, 0.15) is 25.6 Å². The molecule has 21 heavy (non-hydrogen) atoms. The minimum absolute atomic E-state index is 0.198. The molecule has 2 amide bonds. The van der Waals surface area contributed by atoms with Crippen molar-refractivity contribution in [2.45, 2.75) is 6.18 Å². The van der Waals surface area contributed by atoms with E-state index in [4.69, 9.17) is 0 Å². The van der Waals surface area contributed by atoms with Gasteiger partial charge in [0.1, 0.15) is 0 Å². The van der Waals surface area contributed by atoms with Crippen molar-refractivity contribution in [1.82, 2.24) is 10.9 Å². The van der Waals surface area contributed by atoms with Gasteiger partial charge in [0.25, 0.3) is 11.8 Å². The molecule has 8 heteroatoms. The number of nitrogens with one attached hydrogen (secondary N) is 2. The Labute approximate surface area is 121 Å². The van der Waals surface area contributed by atoms with E-state index in [-0.39, 0.29) is 5.56 Å². The number of hydrogen-bond acceptors (Lipinski definition) is 3. The van der Waals surface area contributed by atoms with Crippen LogP contribution in [0.5, 0.6) is 0 Å². The van der Waals surface area contributed by atoms with Gasteiger partial charge in [0.15, 0.2) is 0 Å². The highest BCUT2D eigenvalue weighted by molar-refractivity contribution is 7.12. The topological polar surface area (TPSA) is 58.2 Å². The van der Waals surface area contributed by atoms with Gasteiger partial charge in [-0.2, -0.15) is 13.2 Å². The SMILES string of the molecule is O=C(NNC(=O)c1cccs1)c1cccc(C(F)(F)F)c1. The fourth-order valence-electron chi connectivity index (χ4n) is 1.49. The lowest BCUT2D eigenvalue weighted by atomic mass is 10.1. The van der Waals surface area contributed by atoms with Crippen molar-refractivity contribution in [1.29, 1.82) is 0 Å². The summed E-state index contributed by atoms with van der Waals surface area (Å²) in [5.74, 6) is -1.36. The predicted molar refractivity (Wildman–Crippen MR) is 70.7 cm³/mol. The van der Waals surface area contributed by atoms with Gasteiger partial charge >= 0.3 is 6.18 Å². The standard InChI is InChI=1S/C13H9F3N2O2S/c14-13(15,16)9-4-1-3-8(7-9)11(19)17-18-12(20)10-5-2-6-21-10/h1-7H,(H,17,19)(H,18,20). The lowest BCUT2D eigenvalue weighted by molar-refractivity contribution is -0.137. The number of carbonyl (C=O) groups excluding carboxylic acids is 2. The van der Waals surface area contributed by atoms with Crippen LogP contribution in [-0.4, -0.2) is 11.8 Å². The third kappa shape index (κ3) is 3.82. The molecular formula is C13H9F3N2O2S. The Morgan fingerprint density at radius 1 is 1.00 bits per heavy atom. The summed E-state index contributed by atoms with van der Waals surface area (Å²) < 4.78 is 37.6. The second kappa shape index (κ2) is 5.96. The number of hydrogen-bond donors (Lipinski definition) is 2. The zero-order valence-electron chi connectivity index (χ0n) is 10.4. The molecule has 1 aromatic carbocycles. The normalized spacial score (nSPS) is 11.0. The molecule has 110 valence electrons. The van der Waals surface area contributed by atoms with Gasteiger partial charge in [-0.25, -0.2) is 0 Å². The third-order valence-corrected chi connectivity index (χ3v) is 3.36. The summed E-state index contributed by atoms with van der Waals surface area (Å²) in [4.78, 5) is 23.7. The fourth-order valence-corrected chi connectivity index (χ4v) is 2.11. The molecule has 0 atom stereocenters. The number of thiophene rings is 1. The molecule has 0 aliphatic rings. The molecule has 0 saturated heterocycles. The first kappa shape index (κ1) is 15.0. The van der Waals surface area contributed by atoms with E-state index in [1.165, 1.54) is 17.4 Å².